The van der Waals surface area contributed by atoms with Gasteiger partial charge in [-0.1, -0.05) is 74.9 Å². The van der Waals surface area contributed by atoms with E-state index in [0.717, 1.165) is 18.3 Å². The van der Waals surface area contributed by atoms with Crippen LogP contribution in [-0.2, 0) is 12.8 Å². The van der Waals surface area contributed by atoms with Gasteiger partial charge in [-0.05, 0) is 86.7 Å². The molecule has 1 fully saturated rings. The van der Waals surface area contributed by atoms with Crippen molar-refractivity contribution in [2.45, 2.75) is 79.1 Å². The molecule has 1 aliphatic carbocycles. The number of allylic oxidation sites excluding steroid dienone is 5. The van der Waals surface area contributed by atoms with Crippen molar-refractivity contribution in [2.75, 3.05) is 0 Å². The predicted molar refractivity (Wildman–Crippen MR) is 121 cm³/mol. The third-order valence-electron chi connectivity index (χ3n) is 5.80. The fourth-order valence-electron chi connectivity index (χ4n) is 4.46. The fourth-order valence-corrected chi connectivity index (χ4v) is 4.46. The van der Waals surface area contributed by atoms with Gasteiger partial charge in [0.2, 0.25) is 0 Å². The van der Waals surface area contributed by atoms with Gasteiger partial charge in [-0.2, -0.15) is 0 Å². The van der Waals surface area contributed by atoms with Gasteiger partial charge in [0.25, 0.3) is 0 Å². The highest BCUT2D eigenvalue weighted by Gasteiger charge is 2.23. The average molecular weight is 365 g/mol. The average Bonchev–Trinajstić information content (AvgIpc) is 2.62. The molecule has 0 atom stereocenters. The summed E-state index contributed by atoms with van der Waals surface area (Å²) in [6, 6.07) is 9.15. The van der Waals surface area contributed by atoms with Gasteiger partial charge in [-0.15, -0.1) is 6.58 Å². The minimum Gasteiger partial charge on any atom is -0.103 e. The van der Waals surface area contributed by atoms with E-state index in [2.05, 4.69) is 76.8 Å². The molecule has 0 radical (unpaired) electrons. The summed E-state index contributed by atoms with van der Waals surface area (Å²) in [5, 5.41) is 0. The third-order valence-corrected chi connectivity index (χ3v) is 5.80. The van der Waals surface area contributed by atoms with Gasteiger partial charge in [0, 0.05) is 0 Å². The molecule has 1 aromatic carbocycles. The van der Waals surface area contributed by atoms with E-state index in [1.54, 1.807) is 16.7 Å². The van der Waals surface area contributed by atoms with E-state index in [9.17, 15) is 0 Å². The van der Waals surface area contributed by atoms with Crippen molar-refractivity contribution in [1.82, 2.24) is 0 Å². The van der Waals surface area contributed by atoms with E-state index < -0.39 is 0 Å². The molecule has 2 rings (SSSR count). The van der Waals surface area contributed by atoms with Gasteiger partial charge in [-0.25, -0.2) is 0 Å². The second-order valence-corrected chi connectivity index (χ2v) is 9.64. The van der Waals surface area contributed by atoms with Crippen LogP contribution >= 0.6 is 0 Å². The van der Waals surface area contributed by atoms with Crippen LogP contribution in [0.2, 0.25) is 0 Å². The summed E-state index contributed by atoms with van der Waals surface area (Å²) >= 11 is 0. The van der Waals surface area contributed by atoms with Crippen molar-refractivity contribution >= 4 is 0 Å². The Hall–Kier alpha value is -1.56. The number of benzene rings is 1. The highest BCUT2D eigenvalue weighted by molar-refractivity contribution is 5.28. The molecule has 0 unspecified atom stereocenters. The van der Waals surface area contributed by atoms with E-state index >= 15 is 0 Å². The summed E-state index contributed by atoms with van der Waals surface area (Å²) in [5.74, 6) is 1.73. The lowest BCUT2D eigenvalue weighted by Crippen LogP contribution is -2.18. The Morgan fingerprint density at radius 3 is 2.26 bits per heavy atom. The van der Waals surface area contributed by atoms with E-state index in [0.29, 0.717) is 5.41 Å². The zero-order chi connectivity index (χ0) is 19.7. The molecule has 1 aromatic rings. The second-order valence-electron chi connectivity index (χ2n) is 9.64. The van der Waals surface area contributed by atoms with E-state index in [1.165, 1.54) is 44.9 Å². The number of hydrogen-bond acceptors (Lipinski definition) is 0. The molecule has 0 spiro atoms. The highest BCUT2D eigenvalue weighted by Crippen LogP contribution is 2.36. The maximum atomic E-state index is 3.93. The van der Waals surface area contributed by atoms with Crippen molar-refractivity contribution in [3.05, 3.63) is 71.8 Å². The molecule has 27 heavy (non-hydrogen) atoms. The predicted octanol–water partition coefficient (Wildman–Crippen LogP) is 8.09. The fraction of sp³-hybridized carbons (Fsp3) is 0.556. The van der Waals surface area contributed by atoms with E-state index in [1.807, 2.05) is 6.08 Å². The van der Waals surface area contributed by atoms with Crippen molar-refractivity contribution in [2.24, 2.45) is 17.3 Å². The second kappa shape index (κ2) is 10.7. The van der Waals surface area contributed by atoms with E-state index in [4.69, 9.17) is 0 Å². The lowest BCUT2D eigenvalue weighted by molar-refractivity contribution is 0.270. The topological polar surface area (TPSA) is 0 Å². The molecule has 0 amide bonds. The summed E-state index contributed by atoms with van der Waals surface area (Å²) in [6.45, 7) is 13.1. The summed E-state index contributed by atoms with van der Waals surface area (Å²) in [5.41, 5.74) is 5.06. The molecule has 0 N–H and O–H groups in total. The highest BCUT2D eigenvalue weighted by atomic mass is 14.3. The molecule has 0 aromatic heterocycles. The Balaban J connectivity index is 1.90. The number of rotatable bonds is 8. The summed E-state index contributed by atoms with van der Waals surface area (Å²) < 4.78 is 0. The van der Waals surface area contributed by atoms with Crippen LogP contribution in [0.25, 0.3) is 0 Å². The quantitative estimate of drug-likeness (QED) is 0.323. The molecule has 148 valence electrons. The standard InChI is InChI=1S/C27H40/c1-6-8-12-22(11-7-2)19-23-15-17-24(18-16-23)20-25-13-9-10-14-26(25)21-27(3,4)5/h6-10,12-14,23-24H,2,11,15-21H2,1,3-5H3. The molecule has 0 bridgehead atoms. The van der Waals surface area contributed by atoms with Crippen molar-refractivity contribution in [3.8, 4) is 0 Å². The summed E-state index contributed by atoms with van der Waals surface area (Å²) in [4.78, 5) is 0. The van der Waals surface area contributed by atoms with Crippen LogP contribution < -0.4 is 0 Å². The third kappa shape index (κ3) is 7.91. The zero-order valence-corrected chi connectivity index (χ0v) is 18.1. The van der Waals surface area contributed by atoms with Crippen LogP contribution in [0, 0.1) is 17.3 Å². The first kappa shape index (κ1) is 21.7. The Bertz CT molecular complexity index is 630. The zero-order valence-electron chi connectivity index (χ0n) is 18.1. The molecule has 0 heteroatoms. The van der Waals surface area contributed by atoms with Crippen LogP contribution in [0.4, 0.5) is 0 Å². The molecule has 0 heterocycles. The largest absolute Gasteiger partial charge is 0.103 e. The molecular weight excluding hydrogens is 324 g/mol. The first-order valence-corrected chi connectivity index (χ1v) is 10.9. The maximum absolute atomic E-state index is 3.93. The minimum atomic E-state index is 0.356. The summed E-state index contributed by atoms with van der Waals surface area (Å²) in [6.07, 6.45) is 18.9. The van der Waals surface area contributed by atoms with Crippen LogP contribution in [0.15, 0.2) is 60.7 Å². The van der Waals surface area contributed by atoms with Crippen LogP contribution in [0.5, 0.6) is 0 Å². The number of hydrogen-bond donors (Lipinski definition) is 0. The maximum Gasteiger partial charge on any atom is -0.0138 e. The van der Waals surface area contributed by atoms with Crippen LogP contribution in [0.3, 0.4) is 0 Å². The Morgan fingerprint density at radius 2 is 1.67 bits per heavy atom. The smallest absolute Gasteiger partial charge is 0.0138 e. The SMILES string of the molecule is C=CCC(=CC=CC)CC1CCC(Cc2ccccc2CC(C)(C)C)CC1. The van der Waals surface area contributed by atoms with Gasteiger partial charge >= 0.3 is 0 Å². The normalized spacial score (nSPS) is 21.6. The lowest BCUT2D eigenvalue weighted by atomic mass is 9.75. The molecular formula is C27H40. The van der Waals surface area contributed by atoms with Gasteiger partial charge in [0.1, 0.15) is 0 Å². The molecule has 1 aliphatic rings. The van der Waals surface area contributed by atoms with Crippen molar-refractivity contribution in [1.29, 1.82) is 0 Å². The van der Waals surface area contributed by atoms with Crippen molar-refractivity contribution in [3.63, 3.8) is 0 Å². The molecule has 0 nitrogen and oxygen atoms in total. The van der Waals surface area contributed by atoms with Crippen LogP contribution in [-0.4, -0.2) is 0 Å². The molecule has 1 saturated carbocycles. The Kier molecular flexibility index (Phi) is 8.61. The molecule has 0 aliphatic heterocycles. The first-order valence-electron chi connectivity index (χ1n) is 10.9. The Labute approximate surface area is 168 Å². The van der Waals surface area contributed by atoms with Crippen molar-refractivity contribution < 1.29 is 0 Å². The minimum absolute atomic E-state index is 0.356. The van der Waals surface area contributed by atoms with Gasteiger partial charge in [0.05, 0.1) is 0 Å². The van der Waals surface area contributed by atoms with E-state index in [-0.39, 0.29) is 0 Å². The molecule has 0 saturated heterocycles. The lowest BCUT2D eigenvalue weighted by Gasteiger charge is -2.30. The monoisotopic (exact) mass is 364 g/mol. The van der Waals surface area contributed by atoms with Gasteiger partial charge in [-0.3, -0.25) is 0 Å². The van der Waals surface area contributed by atoms with Gasteiger partial charge in [0.15, 0.2) is 0 Å². The first-order chi connectivity index (χ1) is 12.9. The Morgan fingerprint density at radius 1 is 1.04 bits per heavy atom. The van der Waals surface area contributed by atoms with Crippen LogP contribution in [0.1, 0.15) is 77.3 Å². The van der Waals surface area contributed by atoms with Gasteiger partial charge < -0.3 is 0 Å². The summed E-state index contributed by atoms with van der Waals surface area (Å²) in [7, 11) is 0.